The molecule has 1 amide bonds. The van der Waals surface area contributed by atoms with Crippen LogP contribution >= 0.6 is 0 Å². The number of hydrogen-bond donors (Lipinski definition) is 0. The van der Waals surface area contributed by atoms with Crippen molar-refractivity contribution >= 4 is 29.4 Å². The fourth-order valence-electron chi connectivity index (χ4n) is 2.10. The Bertz CT molecular complexity index is 822. The van der Waals surface area contributed by atoms with Gasteiger partial charge in [0, 0.05) is 12.6 Å². The average molecular weight is 298 g/mol. The largest absolute Gasteiger partial charge is 0.433 e. The summed E-state index contributed by atoms with van der Waals surface area (Å²) in [6.07, 6.45) is 1.22. The number of carbonyl (C=O) groups is 1. The van der Waals surface area contributed by atoms with E-state index in [0.29, 0.717) is 5.56 Å². The highest BCUT2D eigenvalue weighted by Crippen LogP contribution is 2.27. The third kappa shape index (κ3) is 2.26. The first kappa shape index (κ1) is 13.7. The van der Waals surface area contributed by atoms with Gasteiger partial charge >= 0.3 is 5.88 Å². The van der Waals surface area contributed by atoms with Crippen molar-refractivity contribution in [3.05, 3.63) is 57.8 Å². The molecular formula is C14H10N4O4. The summed E-state index contributed by atoms with van der Waals surface area (Å²) >= 11 is 0. The first-order chi connectivity index (χ1) is 10.6. The molecule has 0 saturated heterocycles. The summed E-state index contributed by atoms with van der Waals surface area (Å²) in [6.45, 7) is 0. The first-order valence-corrected chi connectivity index (χ1v) is 6.30. The van der Waals surface area contributed by atoms with E-state index in [4.69, 9.17) is 4.42 Å². The molecule has 8 heteroatoms. The second-order valence-electron chi connectivity index (χ2n) is 4.51. The van der Waals surface area contributed by atoms with Crippen LogP contribution in [0.15, 0.2) is 51.0 Å². The van der Waals surface area contributed by atoms with Crippen molar-refractivity contribution in [3.8, 4) is 0 Å². The van der Waals surface area contributed by atoms with Crippen molar-refractivity contribution in [1.82, 2.24) is 0 Å². The van der Waals surface area contributed by atoms with Gasteiger partial charge in [-0.15, -0.1) is 5.10 Å². The Morgan fingerprint density at radius 1 is 1.27 bits per heavy atom. The number of carbonyl (C=O) groups excluding carboxylic acids is 1. The number of fused-ring (bicyclic) bond motifs is 1. The SMILES string of the molecule is CN1C(=O)/C(=N/N=C\c2ccc([N+](=O)[O-])o2)c2ccccc21. The lowest BCUT2D eigenvalue weighted by molar-refractivity contribution is -0.402. The zero-order valence-electron chi connectivity index (χ0n) is 11.5. The Hall–Kier alpha value is -3.29. The minimum atomic E-state index is -0.644. The van der Waals surface area contributed by atoms with Crippen molar-refractivity contribution in [2.45, 2.75) is 0 Å². The molecule has 0 bridgehead atoms. The summed E-state index contributed by atoms with van der Waals surface area (Å²) in [4.78, 5) is 23.5. The Balaban J connectivity index is 1.87. The fraction of sp³-hybridized carbons (Fsp3) is 0.0714. The Morgan fingerprint density at radius 2 is 2.05 bits per heavy atom. The minimum Gasteiger partial charge on any atom is -0.400 e. The second kappa shape index (κ2) is 5.24. The Morgan fingerprint density at radius 3 is 2.77 bits per heavy atom. The van der Waals surface area contributed by atoms with E-state index in [2.05, 4.69) is 10.2 Å². The van der Waals surface area contributed by atoms with Gasteiger partial charge in [0.15, 0.2) is 11.5 Å². The number of likely N-dealkylation sites (N-methyl/N-ethyl adjacent to an activating group) is 1. The lowest BCUT2D eigenvalue weighted by Gasteiger charge is -2.07. The maximum atomic E-state index is 12.1. The number of hydrogen-bond acceptors (Lipinski definition) is 6. The molecule has 0 fully saturated rings. The van der Waals surface area contributed by atoms with Gasteiger partial charge in [0.2, 0.25) is 0 Å². The lowest BCUT2D eigenvalue weighted by atomic mass is 10.1. The standard InChI is InChI=1S/C14H10N4O4/c1-17-11-5-3-2-4-10(11)13(14(17)19)16-15-8-9-6-7-12(22-9)18(20)21/h2-8H,1H3/b15-8-,16-13+. The van der Waals surface area contributed by atoms with Crippen LogP contribution in [0.3, 0.4) is 0 Å². The van der Waals surface area contributed by atoms with Crippen LogP contribution in [0.1, 0.15) is 11.3 Å². The molecule has 2 aromatic rings. The highest BCUT2D eigenvalue weighted by Gasteiger charge is 2.30. The predicted octanol–water partition coefficient (Wildman–Crippen LogP) is 1.99. The molecular weight excluding hydrogens is 288 g/mol. The second-order valence-corrected chi connectivity index (χ2v) is 4.51. The highest BCUT2D eigenvalue weighted by atomic mass is 16.6. The van der Waals surface area contributed by atoms with E-state index in [1.54, 1.807) is 19.2 Å². The van der Waals surface area contributed by atoms with E-state index in [9.17, 15) is 14.9 Å². The molecule has 2 heterocycles. The average Bonchev–Trinajstić information content (AvgIpc) is 3.07. The van der Waals surface area contributed by atoms with Crippen LogP contribution in [0.5, 0.6) is 0 Å². The number of nitrogens with zero attached hydrogens (tertiary/aromatic N) is 4. The number of amides is 1. The molecule has 8 nitrogen and oxygen atoms in total. The van der Waals surface area contributed by atoms with Gasteiger partial charge in [0.1, 0.15) is 4.92 Å². The van der Waals surface area contributed by atoms with Crippen molar-refractivity contribution in [2.75, 3.05) is 11.9 Å². The summed E-state index contributed by atoms with van der Waals surface area (Å²) in [6, 6.07) is 9.85. The molecule has 0 saturated carbocycles. The number of nitro groups is 1. The van der Waals surface area contributed by atoms with Gasteiger partial charge < -0.3 is 9.32 Å². The minimum absolute atomic E-state index is 0.183. The Labute approximate surface area is 124 Å². The molecule has 0 N–H and O–H groups in total. The lowest BCUT2D eigenvalue weighted by Crippen LogP contribution is -2.25. The zero-order chi connectivity index (χ0) is 15.7. The molecule has 1 aliphatic rings. The highest BCUT2D eigenvalue weighted by molar-refractivity contribution is 6.54. The molecule has 1 aromatic heterocycles. The molecule has 0 unspecified atom stereocenters. The summed E-state index contributed by atoms with van der Waals surface area (Å²) in [5.74, 6) is -0.456. The van der Waals surface area contributed by atoms with E-state index in [-0.39, 0.29) is 23.3 Å². The monoisotopic (exact) mass is 298 g/mol. The van der Waals surface area contributed by atoms with Crippen LogP contribution in [0.4, 0.5) is 11.6 Å². The van der Waals surface area contributed by atoms with Crippen molar-refractivity contribution < 1.29 is 14.1 Å². The van der Waals surface area contributed by atoms with Crippen molar-refractivity contribution in [1.29, 1.82) is 0 Å². The van der Waals surface area contributed by atoms with Gasteiger partial charge in [-0.2, -0.15) is 5.10 Å². The van der Waals surface area contributed by atoms with Gasteiger partial charge in [-0.25, -0.2) is 0 Å². The molecule has 0 atom stereocenters. The summed E-state index contributed by atoms with van der Waals surface area (Å²) in [5, 5.41) is 18.2. The van der Waals surface area contributed by atoms with Crippen LogP contribution in [0.25, 0.3) is 0 Å². The summed E-state index contributed by atoms with van der Waals surface area (Å²) in [7, 11) is 1.66. The third-order valence-electron chi connectivity index (χ3n) is 3.16. The molecule has 22 heavy (non-hydrogen) atoms. The fourth-order valence-corrected chi connectivity index (χ4v) is 2.10. The first-order valence-electron chi connectivity index (χ1n) is 6.30. The normalized spacial score (nSPS) is 15.8. The molecule has 0 spiro atoms. The zero-order valence-corrected chi connectivity index (χ0v) is 11.5. The maximum absolute atomic E-state index is 12.1. The van der Waals surface area contributed by atoms with Crippen LogP contribution in [0, 0.1) is 10.1 Å². The van der Waals surface area contributed by atoms with E-state index in [1.807, 2.05) is 12.1 Å². The van der Waals surface area contributed by atoms with E-state index < -0.39 is 4.92 Å². The number of rotatable bonds is 3. The molecule has 1 aromatic carbocycles. The van der Waals surface area contributed by atoms with E-state index in [0.717, 1.165) is 5.69 Å². The number of benzene rings is 1. The molecule has 110 valence electrons. The molecule has 3 rings (SSSR count). The van der Waals surface area contributed by atoms with Gasteiger partial charge in [-0.3, -0.25) is 14.9 Å². The van der Waals surface area contributed by atoms with Crippen molar-refractivity contribution in [3.63, 3.8) is 0 Å². The number of furan rings is 1. The maximum Gasteiger partial charge on any atom is 0.433 e. The molecule has 0 radical (unpaired) electrons. The van der Waals surface area contributed by atoms with Gasteiger partial charge in [0.05, 0.1) is 18.0 Å². The number of anilines is 1. The van der Waals surface area contributed by atoms with Gasteiger partial charge in [-0.1, -0.05) is 18.2 Å². The van der Waals surface area contributed by atoms with Gasteiger partial charge in [-0.05, 0) is 12.1 Å². The van der Waals surface area contributed by atoms with Gasteiger partial charge in [0.25, 0.3) is 5.91 Å². The molecule has 1 aliphatic heterocycles. The number of para-hydroxylation sites is 1. The molecule has 0 aliphatic carbocycles. The topological polar surface area (TPSA) is 101 Å². The van der Waals surface area contributed by atoms with Crippen LogP contribution in [-0.2, 0) is 4.79 Å². The summed E-state index contributed by atoms with van der Waals surface area (Å²) < 4.78 is 4.91. The summed E-state index contributed by atoms with van der Waals surface area (Å²) in [5.41, 5.74) is 1.67. The smallest absolute Gasteiger partial charge is 0.400 e. The van der Waals surface area contributed by atoms with Crippen LogP contribution in [0.2, 0.25) is 0 Å². The quantitative estimate of drug-likeness (QED) is 0.491. The third-order valence-corrected chi connectivity index (χ3v) is 3.16. The van der Waals surface area contributed by atoms with E-state index >= 15 is 0 Å². The van der Waals surface area contributed by atoms with Crippen molar-refractivity contribution in [2.24, 2.45) is 10.2 Å². The Kier molecular flexibility index (Phi) is 3.26. The van der Waals surface area contributed by atoms with E-state index in [1.165, 1.54) is 23.2 Å². The predicted molar refractivity (Wildman–Crippen MR) is 79.3 cm³/mol. The van der Waals surface area contributed by atoms with Crippen LogP contribution < -0.4 is 4.90 Å². The van der Waals surface area contributed by atoms with Crippen LogP contribution in [-0.4, -0.2) is 29.8 Å².